The Bertz CT molecular complexity index is 743. The first-order valence-electron chi connectivity index (χ1n) is 6.85. The molecule has 0 radical (unpaired) electrons. The highest BCUT2D eigenvalue weighted by Crippen LogP contribution is 2.18. The Morgan fingerprint density at radius 2 is 2.00 bits per heavy atom. The number of anilines is 1. The van der Waals surface area contributed by atoms with E-state index in [2.05, 4.69) is 16.4 Å². The molecule has 0 atom stereocenters. The molecule has 0 spiro atoms. The molecule has 0 aliphatic rings. The summed E-state index contributed by atoms with van der Waals surface area (Å²) in [5.74, 6) is 1.55. The predicted molar refractivity (Wildman–Crippen MR) is 84.3 cm³/mol. The van der Waals surface area contributed by atoms with Gasteiger partial charge >= 0.3 is 0 Å². The standard InChI is InChI=1S/C15H19N3O3S/c1-11-3-5-14(12(2)9-11)21-8-7-17-15-6-4-13(10-18-15)22(16,19)20/h3-6,9-10H,7-8H2,1-2H3,(H,17,18)(H2,16,19,20)/p+1. The van der Waals surface area contributed by atoms with E-state index in [0.717, 1.165) is 11.3 Å². The molecule has 2 aromatic rings. The lowest BCUT2D eigenvalue weighted by molar-refractivity contribution is -0.364. The van der Waals surface area contributed by atoms with Crippen LogP contribution in [0.4, 0.5) is 5.82 Å². The van der Waals surface area contributed by atoms with Gasteiger partial charge in [0.25, 0.3) is 5.82 Å². The zero-order valence-electron chi connectivity index (χ0n) is 12.6. The number of aromatic amines is 1. The van der Waals surface area contributed by atoms with E-state index in [4.69, 9.17) is 9.88 Å². The van der Waals surface area contributed by atoms with Crippen LogP contribution in [0.15, 0.2) is 41.4 Å². The van der Waals surface area contributed by atoms with Crippen LogP contribution in [-0.4, -0.2) is 21.6 Å². The van der Waals surface area contributed by atoms with Crippen molar-refractivity contribution in [2.24, 2.45) is 5.14 Å². The van der Waals surface area contributed by atoms with Crippen LogP contribution in [0.3, 0.4) is 0 Å². The zero-order valence-corrected chi connectivity index (χ0v) is 13.4. The summed E-state index contributed by atoms with van der Waals surface area (Å²) in [5.41, 5.74) is 2.30. The van der Waals surface area contributed by atoms with E-state index >= 15 is 0 Å². The second-order valence-electron chi connectivity index (χ2n) is 5.03. The summed E-state index contributed by atoms with van der Waals surface area (Å²) < 4.78 is 28.0. The first-order chi connectivity index (χ1) is 10.4. The van der Waals surface area contributed by atoms with Crippen molar-refractivity contribution in [2.45, 2.75) is 18.7 Å². The third-order valence-electron chi connectivity index (χ3n) is 3.12. The second-order valence-corrected chi connectivity index (χ2v) is 6.59. The number of hydrogen-bond donors (Lipinski definition) is 2. The third kappa shape index (κ3) is 4.44. The maximum absolute atomic E-state index is 11.1. The van der Waals surface area contributed by atoms with E-state index in [9.17, 15) is 8.42 Å². The van der Waals surface area contributed by atoms with E-state index in [1.807, 2.05) is 26.0 Å². The van der Waals surface area contributed by atoms with Gasteiger partial charge in [-0.15, -0.1) is 0 Å². The van der Waals surface area contributed by atoms with Gasteiger partial charge in [0.05, 0.1) is 0 Å². The molecule has 22 heavy (non-hydrogen) atoms. The number of nitrogens with two attached hydrogens (primary N) is 1. The maximum Gasteiger partial charge on any atom is 0.272 e. The molecule has 0 saturated heterocycles. The van der Waals surface area contributed by atoms with Gasteiger partial charge in [-0.2, -0.15) is 0 Å². The topological polar surface area (TPSA) is 95.6 Å². The number of rotatable bonds is 6. The number of pyridine rings is 1. The SMILES string of the molecule is Cc1ccc(OCCNc2ccc(S(N)(=O)=O)c[nH+]2)c(C)c1. The van der Waals surface area contributed by atoms with E-state index in [1.54, 1.807) is 6.07 Å². The lowest BCUT2D eigenvalue weighted by atomic mass is 10.1. The van der Waals surface area contributed by atoms with E-state index in [0.29, 0.717) is 19.0 Å². The Kier molecular flexibility index (Phi) is 4.99. The number of aryl methyl sites for hydroxylation is 2. The second kappa shape index (κ2) is 6.76. The Hall–Kier alpha value is -2.12. The van der Waals surface area contributed by atoms with Gasteiger partial charge in [-0.1, -0.05) is 17.7 Å². The van der Waals surface area contributed by atoms with Gasteiger partial charge < -0.3 is 4.74 Å². The Morgan fingerprint density at radius 3 is 2.59 bits per heavy atom. The quantitative estimate of drug-likeness (QED) is 0.783. The van der Waals surface area contributed by atoms with E-state index in [1.165, 1.54) is 17.8 Å². The van der Waals surface area contributed by atoms with Gasteiger partial charge in [0.2, 0.25) is 10.0 Å². The van der Waals surface area contributed by atoms with Crippen molar-refractivity contribution in [2.75, 3.05) is 18.5 Å². The van der Waals surface area contributed by atoms with Crippen molar-refractivity contribution in [3.63, 3.8) is 0 Å². The van der Waals surface area contributed by atoms with Crippen molar-refractivity contribution in [3.05, 3.63) is 47.7 Å². The molecule has 7 heteroatoms. The van der Waals surface area contributed by atoms with Crippen molar-refractivity contribution in [1.29, 1.82) is 0 Å². The average molecular weight is 322 g/mol. The van der Waals surface area contributed by atoms with Crippen LogP contribution < -0.4 is 20.2 Å². The van der Waals surface area contributed by atoms with Crippen molar-refractivity contribution in [3.8, 4) is 5.75 Å². The average Bonchev–Trinajstić information content (AvgIpc) is 2.45. The molecule has 0 amide bonds. The van der Waals surface area contributed by atoms with Gasteiger partial charge in [0.15, 0.2) is 0 Å². The van der Waals surface area contributed by atoms with E-state index < -0.39 is 10.0 Å². The van der Waals surface area contributed by atoms with Gasteiger partial charge in [0.1, 0.15) is 30.0 Å². The zero-order chi connectivity index (χ0) is 16.2. The number of H-pyrrole nitrogens is 1. The van der Waals surface area contributed by atoms with Gasteiger partial charge in [0, 0.05) is 6.07 Å². The minimum Gasteiger partial charge on any atom is -0.489 e. The number of ether oxygens (including phenoxy) is 1. The van der Waals surface area contributed by atoms with Crippen LogP contribution in [0.2, 0.25) is 0 Å². The number of hydrogen-bond acceptors (Lipinski definition) is 4. The molecular formula is C15H20N3O3S+. The summed E-state index contributed by atoms with van der Waals surface area (Å²) in [6, 6.07) is 9.10. The van der Waals surface area contributed by atoms with Crippen LogP contribution in [0.1, 0.15) is 11.1 Å². The molecule has 118 valence electrons. The summed E-state index contributed by atoms with van der Waals surface area (Å²) >= 11 is 0. The Labute approximate surface area is 130 Å². The molecule has 0 aliphatic carbocycles. The summed E-state index contributed by atoms with van der Waals surface area (Å²) in [6.07, 6.45) is 1.35. The highest BCUT2D eigenvalue weighted by molar-refractivity contribution is 7.89. The molecule has 0 unspecified atom stereocenters. The number of aromatic nitrogens is 1. The predicted octanol–water partition coefficient (Wildman–Crippen LogP) is 1.26. The molecule has 1 heterocycles. The molecule has 1 aromatic carbocycles. The lowest BCUT2D eigenvalue weighted by Crippen LogP contribution is -2.20. The van der Waals surface area contributed by atoms with Gasteiger partial charge in [-0.25, -0.2) is 18.5 Å². The number of sulfonamides is 1. The monoisotopic (exact) mass is 322 g/mol. The molecule has 2 rings (SSSR count). The number of primary sulfonamides is 1. The Balaban J connectivity index is 1.84. The smallest absolute Gasteiger partial charge is 0.272 e. The third-order valence-corrected chi connectivity index (χ3v) is 4.03. The van der Waals surface area contributed by atoms with Crippen molar-refractivity contribution in [1.82, 2.24) is 0 Å². The first-order valence-corrected chi connectivity index (χ1v) is 8.39. The maximum atomic E-state index is 11.1. The molecule has 4 N–H and O–H groups in total. The molecule has 1 aromatic heterocycles. The fraction of sp³-hybridized carbons (Fsp3) is 0.267. The molecule has 0 aliphatic heterocycles. The van der Waals surface area contributed by atoms with Gasteiger partial charge in [-0.3, -0.25) is 5.32 Å². The largest absolute Gasteiger partial charge is 0.489 e. The van der Waals surface area contributed by atoms with E-state index in [-0.39, 0.29) is 4.90 Å². The summed E-state index contributed by atoms with van der Waals surface area (Å²) in [4.78, 5) is 2.88. The van der Waals surface area contributed by atoms with Gasteiger partial charge in [-0.05, 0) is 31.5 Å². The van der Waals surface area contributed by atoms with Crippen LogP contribution in [0, 0.1) is 13.8 Å². The van der Waals surface area contributed by atoms with Crippen molar-refractivity contribution < 1.29 is 18.1 Å². The van der Waals surface area contributed by atoms with Crippen molar-refractivity contribution >= 4 is 15.8 Å². The molecular weight excluding hydrogens is 302 g/mol. The van der Waals surface area contributed by atoms with Crippen LogP contribution >= 0.6 is 0 Å². The lowest BCUT2D eigenvalue weighted by Gasteiger charge is -2.08. The fourth-order valence-corrected chi connectivity index (χ4v) is 2.49. The minimum absolute atomic E-state index is 0.0459. The Morgan fingerprint density at radius 1 is 1.23 bits per heavy atom. The summed E-state index contributed by atoms with van der Waals surface area (Å²) in [6.45, 7) is 5.13. The highest BCUT2D eigenvalue weighted by Gasteiger charge is 2.10. The molecule has 0 bridgehead atoms. The summed E-state index contributed by atoms with van der Waals surface area (Å²) in [5, 5.41) is 8.14. The van der Waals surface area contributed by atoms with Crippen LogP contribution in [0.25, 0.3) is 0 Å². The number of benzene rings is 1. The van der Waals surface area contributed by atoms with Crippen LogP contribution in [-0.2, 0) is 10.0 Å². The molecule has 0 fully saturated rings. The number of nitrogens with one attached hydrogen (secondary N) is 2. The summed E-state index contributed by atoms with van der Waals surface area (Å²) in [7, 11) is -3.67. The normalized spacial score (nSPS) is 11.2. The molecule has 0 saturated carbocycles. The first kappa shape index (κ1) is 16.3. The fourth-order valence-electron chi connectivity index (χ4n) is 2.01. The highest BCUT2D eigenvalue weighted by atomic mass is 32.2. The minimum atomic E-state index is -3.67. The van der Waals surface area contributed by atoms with Crippen LogP contribution in [0.5, 0.6) is 5.75 Å². The molecule has 6 nitrogen and oxygen atoms in total.